The molecule has 3 heterocycles. The number of aryl methyl sites for hydroxylation is 1. The first-order valence-corrected chi connectivity index (χ1v) is 8.48. The van der Waals surface area contributed by atoms with Crippen molar-refractivity contribution >= 4 is 17.5 Å². The van der Waals surface area contributed by atoms with Crippen molar-refractivity contribution in [3.05, 3.63) is 42.0 Å². The molecule has 3 rings (SSSR count). The number of methoxy groups -OCH3 is 1. The number of anilines is 2. The standard InChI is InChI=1S/C18H23N5O2/c1-13-5-3-8-20-18(13)22-16-12-19-11-14(21-16)15-6-4-9-23(15)17(24)7-10-25-2/h3,5,8,11-12,15H,4,6-7,9-10H2,1-2H3,(H,20,21,22)/t15-/m1/s1. The number of nitrogens with one attached hydrogen (secondary N) is 1. The van der Waals surface area contributed by atoms with E-state index in [1.807, 2.05) is 24.0 Å². The van der Waals surface area contributed by atoms with Gasteiger partial charge in [0.05, 0.1) is 37.2 Å². The fourth-order valence-electron chi connectivity index (χ4n) is 3.05. The first-order chi connectivity index (χ1) is 12.2. The maximum atomic E-state index is 12.4. The minimum atomic E-state index is -0.0246. The third-order valence-electron chi connectivity index (χ3n) is 4.34. The van der Waals surface area contributed by atoms with Crippen LogP contribution in [0.5, 0.6) is 0 Å². The number of pyridine rings is 1. The van der Waals surface area contributed by atoms with Crippen LogP contribution in [0.2, 0.25) is 0 Å². The van der Waals surface area contributed by atoms with E-state index in [4.69, 9.17) is 4.74 Å². The summed E-state index contributed by atoms with van der Waals surface area (Å²) in [5, 5.41) is 3.21. The Balaban J connectivity index is 1.76. The lowest BCUT2D eigenvalue weighted by atomic mass is 10.1. The van der Waals surface area contributed by atoms with Gasteiger partial charge < -0.3 is 15.0 Å². The molecular weight excluding hydrogens is 318 g/mol. The van der Waals surface area contributed by atoms with Gasteiger partial charge >= 0.3 is 0 Å². The normalized spacial score (nSPS) is 16.9. The molecule has 1 N–H and O–H groups in total. The van der Waals surface area contributed by atoms with Crippen LogP contribution in [-0.4, -0.2) is 46.0 Å². The number of hydrogen-bond donors (Lipinski definition) is 1. The van der Waals surface area contributed by atoms with Crippen molar-refractivity contribution in [3.8, 4) is 0 Å². The Morgan fingerprint density at radius 3 is 3.12 bits per heavy atom. The van der Waals surface area contributed by atoms with Crippen LogP contribution in [0, 0.1) is 6.92 Å². The highest BCUT2D eigenvalue weighted by Crippen LogP contribution is 2.31. The van der Waals surface area contributed by atoms with Crippen molar-refractivity contribution in [2.24, 2.45) is 0 Å². The zero-order chi connectivity index (χ0) is 17.6. The zero-order valence-corrected chi connectivity index (χ0v) is 14.6. The summed E-state index contributed by atoms with van der Waals surface area (Å²) in [5.74, 6) is 1.49. The SMILES string of the molecule is COCCC(=O)N1CCC[C@@H]1c1cncc(Nc2ncccc2C)n1. The molecule has 7 nitrogen and oxygen atoms in total. The number of ether oxygens (including phenoxy) is 1. The molecule has 0 spiro atoms. The van der Waals surface area contributed by atoms with Crippen LogP contribution in [0.1, 0.15) is 36.6 Å². The van der Waals surface area contributed by atoms with Gasteiger partial charge in [-0.1, -0.05) is 6.07 Å². The van der Waals surface area contributed by atoms with E-state index in [9.17, 15) is 4.79 Å². The van der Waals surface area contributed by atoms with Gasteiger partial charge in [0.2, 0.25) is 5.91 Å². The number of amides is 1. The molecule has 1 aliphatic heterocycles. The fraction of sp³-hybridized carbons (Fsp3) is 0.444. The third kappa shape index (κ3) is 4.11. The Morgan fingerprint density at radius 2 is 2.32 bits per heavy atom. The molecule has 1 amide bonds. The third-order valence-corrected chi connectivity index (χ3v) is 4.34. The molecule has 0 unspecified atom stereocenters. The van der Waals surface area contributed by atoms with E-state index in [1.165, 1.54) is 0 Å². The maximum Gasteiger partial charge on any atom is 0.225 e. The number of carbonyl (C=O) groups is 1. The van der Waals surface area contributed by atoms with Crippen molar-refractivity contribution in [2.45, 2.75) is 32.2 Å². The monoisotopic (exact) mass is 341 g/mol. The summed E-state index contributed by atoms with van der Waals surface area (Å²) in [5.41, 5.74) is 1.84. The fourth-order valence-corrected chi connectivity index (χ4v) is 3.05. The molecule has 0 aliphatic carbocycles. The molecule has 0 aromatic carbocycles. The highest BCUT2D eigenvalue weighted by Gasteiger charge is 2.30. The van der Waals surface area contributed by atoms with Gasteiger partial charge in [0.25, 0.3) is 0 Å². The van der Waals surface area contributed by atoms with Crippen LogP contribution in [0.15, 0.2) is 30.7 Å². The van der Waals surface area contributed by atoms with Crippen LogP contribution in [0.3, 0.4) is 0 Å². The number of aromatic nitrogens is 3. The van der Waals surface area contributed by atoms with Gasteiger partial charge in [-0.15, -0.1) is 0 Å². The molecule has 1 atom stereocenters. The van der Waals surface area contributed by atoms with E-state index < -0.39 is 0 Å². The van der Waals surface area contributed by atoms with Crippen molar-refractivity contribution in [2.75, 3.05) is 25.6 Å². The molecule has 132 valence electrons. The van der Waals surface area contributed by atoms with Crippen LogP contribution >= 0.6 is 0 Å². The smallest absolute Gasteiger partial charge is 0.225 e. The van der Waals surface area contributed by atoms with Crippen molar-refractivity contribution in [1.29, 1.82) is 0 Å². The van der Waals surface area contributed by atoms with Crippen LogP contribution in [0.4, 0.5) is 11.6 Å². The van der Waals surface area contributed by atoms with Gasteiger partial charge in [0, 0.05) is 19.9 Å². The molecule has 1 saturated heterocycles. The lowest BCUT2D eigenvalue weighted by Gasteiger charge is -2.24. The summed E-state index contributed by atoms with van der Waals surface area (Å²) >= 11 is 0. The average molecular weight is 341 g/mol. The Bertz CT molecular complexity index is 737. The summed E-state index contributed by atoms with van der Waals surface area (Å²) in [7, 11) is 1.61. The number of nitrogens with zero attached hydrogens (tertiary/aromatic N) is 4. The van der Waals surface area contributed by atoms with Crippen LogP contribution in [0.25, 0.3) is 0 Å². The van der Waals surface area contributed by atoms with Gasteiger partial charge in [-0.2, -0.15) is 0 Å². The highest BCUT2D eigenvalue weighted by atomic mass is 16.5. The first-order valence-electron chi connectivity index (χ1n) is 8.48. The molecule has 1 aliphatic rings. The predicted molar refractivity (Wildman–Crippen MR) is 94.5 cm³/mol. The highest BCUT2D eigenvalue weighted by molar-refractivity contribution is 5.77. The van der Waals surface area contributed by atoms with E-state index in [0.717, 1.165) is 36.5 Å². The minimum absolute atomic E-state index is 0.0246. The topological polar surface area (TPSA) is 80.2 Å². The number of carbonyl (C=O) groups excluding carboxylic acids is 1. The number of rotatable bonds is 6. The lowest BCUT2D eigenvalue weighted by molar-refractivity contribution is -0.133. The zero-order valence-electron chi connectivity index (χ0n) is 14.6. The summed E-state index contributed by atoms with van der Waals surface area (Å²) in [6, 6.07) is 3.85. The van der Waals surface area contributed by atoms with Gasteiger partial charge in [0.1, 0.15) is 11.6 Å². The second kappa shape index (κ2) is 8.02. The molecule has 0 saturated carbocycles. The van der Waals surface area contributed by atoms with E-state index in [-0.39, 0.29) is 11.9 Å². The van der Waals surface area contributed by atoms with Gasteiger partial charge in [-0.3, -0.25) is 9.78 Å². The van der Waals surface area contributed by atoms with Crippen molar-refractivity contribution in [3.63, 3.8) is 0 Å². The second-order valence-corrected chi connectivity index (χ2v) is 6.11. The molecule has 2 aromatic rings. The minimum Gasteiger partial charge on any atom is -0.384 e. The largest absolute Gasteiger partial charge is 0.384 e. The molecule has 7 heteroatoms. The van der Waals surface area contributed by atoms with Gasteiger partial charge in [-0.05, 0) is 31.4 Å². The quantitative estimate of drug-likeness (QED) is 0.870. The maximum absolute atomic E-state index is 12.4. The molecule has 1 fully saturated rings. The Kier molecular flexibility index (Phi) is 5.55. The van der Waals surface area contributed by atoms with Gasteiger partial charge in [0.15, 0.2) is 0 Å². The molecule has 25 heavy (non-hydrogen) atoms. The van der Waals surface area contributed by atoms with E-state index in [2.05, 4.69) is 20.3 Å². The van der Waals surface area contributed by atoms with E-state index in [1.54, 1.807) is 25.7 Å². The number of likely N-dealkylation sites (tertiary alicyclic amines) is 1. The van der Waals surface area contributed by atoms with E-state index >= 15 is 0 Å². The second-order valence-electron chi connectivity index (χ2n) is 6.11. The summed E-state index contributed by atoms with van der Waals surface area (Å²) in [4.78, 5) is 27.5. The van der Waals surface area contributed by atoms with Crippen LogP contribution < -0.4 is 5.32 Å². The average Bonchev–Trinajstić information content (AvgIpc) is 3.12. The Hall–Kier alpha value is -2.54. The number of hydrogen-bond acceptors (Lipinski definition) is 6. The van der Waals surface area contributed by atoms with Crippen LogP contribution in [-0.2, 0) is 9.53 Å². The summed E-state index contributed by atoms with van der Waals surface area (Å²) in [6.45, 7) is 3.18. The summed E-state index contributed by atoms with van der Waals surface area (Å²) < 4.78 is 5.02. The molecule has 0 radical (unpaired) electrons. The van der Waals surface area contributed by atoms with Crippen molar-refractivity contribution in [1.82, 2.24) is 19.9 Å². The Labute approximate surface area is 147 Å². The molecule has 2 aromatic heterocycles. The lowest BCUT2D eigenvalue weighted by Crippen LogP contribution is -2.31. The van der Waals surface area contributed by atoms with E-state index in [0.29, 0.717) is 18.8 Å². The van der Waals surface area contributed by atoms with Crippen molar-refractivity contribution < 1.29 is 9.53 Å². The molecular formula is C18H23N5O2. The Morgan fingerprint density at radius 1 is 1.44 bits per heavy atom. The molecule has 0 bridgehead atoms. The summed E-state index contributed by atoms with van der Waals surface area (Å²) in [6.07, 6.45) is 7.42. The van der Waals surface area contributed by atoms with Gasteiger partial charge in [-0.25, -0.2) is 9.97 Å². The first kappa shape index (κ1) is 17.3. The predicted octanol–water partition coefficient (Wildman–Crippen LogP) is 2.62.